The van der Waals surface area contributed by atoms with Crippen molar-refractivity contribution in [1.82, 2.24) is 0 Å². The molecule has 0 saturated carbocycles. The summed E-state index contributed by atoms with van der Waals surface area (Å²) in [6, 6.07) is 7.83. The molecule has 0 aliphatic rings. The van der Waals surface area contributed by atoms with Gasteiger partial charge in [0.1, 0.15) is 0 Å². The highest BCUT2D eigenvalue weighted by Gasteiger charge is 2.00. The van der Waals surface area contributed by atoms with E-state index >= 15 is 0 Å². The molecule has 1 atom stereocenters. The van der Waals surface area contributed by atoms with E-state index in [1.807, 2.05) is 31.2 Å². The second kappa shape index (κ2) is 6.28. The summed E-state index contributed by atoms with van der Waals surface area (Å²) in [5, 5.41) is 3.29. The molecule has 3 nitrogen and oxygen atoms in total. The molecular weight excluding hydrogens is 200 g/mol. The molecule has 0 fully saturated rings. The molecule has 0 aromatic heterocycles. The maximum atomic E-state index is 11.2. The van der Waals surface area contributed by atoms with Gasteiger partial charge in [0.25, 0.3) is 0 Å². The smallest absolute Gasteiger partial charge is 0.159 e. The zero-order valence-electron chi connectivity index (χ0n) is 9.99. The van der Waals surface area contributed by atoms with E-state index in [4.69, 9.17) is 5.73 Å². The lowest BCUT2D eigenvalue weighted by Gasteiger charge is -2.08. The zero-order chi connectivity index (χ0) is 12.0. The van der Waals surface area contributed by atoms with Crippen LogP contribution in [0, 0.1) is 0 Å². The molecule has 1 unspecified atom stereocenters. The van der Waals surface area contributed by atoms with Crippen LogP contribution in [0.1, 0.15) is 37.0 Å². The van der Waals surface area contributed by atoms with Crippen LogP contribution in [0.25, 0.3) is 0 Å². The third kappa shape index (κ3) is 4.45. The second-order valence-electron chi connectivity index (χ2n) is 4.18. The molecule has 0 saturated heterocycles. The third-order valence-electron chi connectivity index (χ3n) is 2.43. The van der Waals surface area contributed by atoms with Crippen LogP contribution in [-0.2, 0) is 0 Å². The predicted octanol–water partition coefficient (Wildman–Crippen LogP) is 2.43. The maximum Gasteiger partial charge on any atom is 0.159 e. The van der Waals surface area contributed by atoms with Crippen molar-refractivity contribution >= 4 is 11.5 Å². The normalized spacial score (nSPS) is 12.2. The van der Waals surface area contributed by atoms with Crippen molar-refractivity contribution in [3.63, 3.8) is 0 Å². The minimum Gasteiger partial charge on any atom is -0.385 e. The van der Waals surface area contributed by atoms with Crippen LogP contribution < -0.4 is 11.1 Å². The number of carbonyl (C=O) groups excluding carboxylic acids is 1. The topological polar surface area (TPSA) is 55.1 Å². The minimum atomic E-state index is 0.0965. The van der Waals surface area contributed by atoms with Gasteiger partial charge in [0.05, 0.1) is 0 Å². The Hall–Kier alpha value is -1.35. The van der Waals surface area contributed by atoms with Gasteiger partial charge in [-0.3, -0.25) is 4.79 Å². The van der Waals surface area contributed by atoms with Crippen molar-refractivity contribution < 1.29 is 4.79 Å². The van der Waals surface area contributed by atoms with E-state index in [-0.39, 0.29) is 11.8 Å². The van der Waals surface area contributed by atoms with Gasteiger partial charge in [0.15, 0.2) is 5.78 Å². The SMILES string of the molecule is CC(=O)c1cccc(NCCCC(C)N)c1. The van der Waals surface area contributed by atoms with E-state index in [9.17, 15) is 4.79 Å². The standard InChI is InChI=1S/C13H20N2O/c1-10(14)5-4-8-15-13-7-3-6-12(9-13)11(2)16/h3,6-7,9-10,15H,4-5,8,14H2,1-2H3. The van der Waals surface area contributed by atoms with Crippen molar-refractivity contribution in [2.24, 2.45) is 5.73 Å². The van der Waals surface area contributed by atoms with Crippen molar-refractivity contribution in [3.8, 4) is 0 Å². The summed E-state index contributed by atoms with van der Waals surface area (Å²) in [5.74, 6) is 0.0965. The molecule has 0 aliphatic heterocycles. The predicted molar refractivity (Wildman–Crippen MR) is 67.8 cm³/mol. The largest absolute Gasteiger partial charge is 0.385 e. The number of hydrogen-bond donors (Lipinski definition) is 2. The number of anilines is 1. The van der Waals surface area contributed by atoms with Crippen LogP contribution in [-0.4, -0.2) is 18.4 Å². The van der Waals surface area contributed by atoms with E-state index < -0.39 is 0 Å². The number of nitrogens with two attached hydrogens (primary N) is 1. The molecule has 0 spiro atoms. The minimum absolute atomic E-state index is 0.0965. The second-order valence-corrected chi connectivity index (χ2v) is 4.18. The molecule has 0 bridgehead atoms. The first-order valence-corrected chi connectivity index (χ1v) is 5.70. The van der Waals surface area contributed by atoms with Crippen LogP contribution in [0.2, 0.25) is 0 Å². The molecule has 3 N–H and O–H groups in total. The van der Waals surface area contributed by atoms with E-state index in [2.05, 4.69) is 5.32 Å². The molecule has 3 heteroatoms. The molecule has 16 heavy (non-hydrogen) atoms. The number of nitrogens with one attached hydrogen (secondary N) is 1. The lowest BCUT2D eigenvalue weighted by atomic mass is 10.1. The number of carbonyl (C=O) groups is 1. The highest BCUT2D eigenvalue weighted by Crippen LogP contribution is 2.11. The van der Waals surface area contributed by atoms with Gasteiger partial charge >= 0.3 is 0 Å². The molecule has 88 valence electrons. The summed E-state index contributed by atoms with van der Waals surface area (Å²) >= 11 is 0. The van der Waals surface area contributed by atoms with Gasteiger partial charge in [-0.2, -0.15) is 0 Å². The molecule has 0 radical (unpaired) electrons. The Morgan fingerprint density at radius 1 is 1.50 bits per heavy atom. The molecule has 1 rings (SSSR count). The Morgan fingerprint density at radius 2 is 2.25 bits per heavy atom. The Kier molecular flexibility index (Phi) is 4.99. The van der Waals surface area contributed by atoms with E-state index in [1.54, 1.807) is 6.92 Å². The quantitative estimate of drug-likeness (QED) is 0.572. The molecule has 0 amide bonds. The average Bonchev–Trinajstić information content (AvgIpc) is 2.24. The van der Waals surface area contributed by atoms with Gasteiger partial charge in [-0.25, -0.2) is 0 Å². The van der Waals surface area contributed by atoms with E-state index in [1.165, 1.54) is 0 Å². The Labute approximate surface area is 97.0 Å². The van der Waals surface area contributed by atoms with Crippen molar-refractivity contribution in [2.75, 3.05) is 11.9 Å². The third-order valence-corrected chi connectivity index (χ3v) is 2.43. The first kappa shape index (κ1) is 12.7. The molecule has 1 aromatic carbocycles. The van der Waals surface area contributed by atoms with Crippen LogP contribution in [0.5, 0.6) is 0 Å². The van der Waals surface area contributed by atoms with Crippen LogP contribution in [0.3, 0.4) is 0 Å². The number of benzene rings is 1. The van der Waals surface area contributed by atoms with E-state index in [0.717, 1.165) is 30.6 Å². The fourth-order valence-electron chi connectivity index (χ4n) is 1.50. The van der Waals surface area contributed by atoms with Crippen molar-refractivity contribution in [1.29, 1.82) is 0 Å². The van der Waals surface area contributed by atoms with Gasteiger partial charge in [0, 0.05) is 23.8 Å². The summed E-state index contributed by atoms with van der Waals surface area (Å²) in [6.07, 6.45) is 2.06. The Balaban J connectivity index is 2.42. The summed E-state index contributed by atoms with van der Waals surface area (Å²) in [5.41, 5.74) is 7.41. The van der Waals surface area contributed by atoms with Crippen molar-refractivity contribution in [3.05, 3.63) is 29.8 Å². The highest BCUT2D eigenvalue weighted by molar-refractivity contribution is 5.94. The van der Waals surface area contributed by atoms with Crippen LogP contribution >= 0.6 is 0 Å². The molecular formula is C13H20N2O. The maximum absolute atomic E-state index is 11.2. The van der Waals surface area contributed by atoms with Crippen LogP contribution in [0.4, 0.5) is 5.69 Å². The number of Topliss-reactive ketones (excluding diaryl/α,β-unsaturated/α-hetero) is 1. The van der Waals surface area contributed by atoms with Gasteiger partial charge in [-0.15, -0.1) is 0 Å². The van der Waals surface area contributed by atoms with Gasteiger partial charge in [0.2, 0.25) is 0 Å². The lowest BCUT2D eigenvalue weighted by Crippen LogP contribution is -2.16. The van der Waals surface area contributed by atoms with E-state index in [0.29, 0.717) is 0 Å². The van der Waals surface area contributed by atoms with Gasteiger partial charge < -0.3 is 11.1 Å². The van der Waals surface area contributed by atoms with Crippen LogP contribution in [0.15, 0.2) is 24.3 Å². The first-order chi connectivity index (χ1) is 7.59. The first-order valence-electron chi connectivity index (χ1n) is 5.70. The summed E-state index contributed by atoms with van der Waals surface area (Å²) < 4.78 is 0. The van der Waals surface area contributed by atoms with Gasteiger partial charge in [-0.1, -0.05) is 12.1 Å². The fraction of sp³-hybridized carbons (Fsp3) is 0.462. The molecule has 1 aromatic rings. The van der Waals surface area contributed by atoms with Crippen molar-refractivity contribution in [2.45, 2.75) is 32.7 Å². The summed E-state index contributed by atoms with van der Waals surface area (Å²) in [6.45, 7) is 4.48. The summed E-state index contributed by atoms with van der Waals surface area (Å²) in [7, 11) is 0. The zero-order valence-corrected chi connectivity index (χ0v) is 9.99. The molecule has 0 aliphatic carbocycles. The number of rotatable bonds is 6. The fourth-order valence-corrected chi connectivity index (χ4v) is 1.50. The number of ketones is 1. The Bertz CT molecular complexity index is 348. The lowest BCUT2D eigenvalue weighted by molar-refractivity contribution is 0.101. The average molecular weight is 220 g/mol. The number of hydrogen-bond acceptors (Lipinski definition) is 3. The highest BCUT2D eigenvalue weighted by atomic mass is 16.1. The monoisotopic (exact) mass is 220 g/mol. The van der Waals surface area contributed by atoms with Gasteiger partial charge in [-0.05, 0) is 38.8 Å². The Morgan fingerprint density at radius 3 is 2.88 bits per heavy atom. The summed E-state index contributed by atoms with van der Waals surface area (Å²) in [4.78, 5) is 11.2. The molecule has 0 heterocycles.